The summed E-state index contributed by atoms with van der Waals surface area (Å²) in [7, 11) is 0. The quantitative estimate of drug-likeness (QED) is 0.0830. The van der Waals surface area contributed by atoms with Crippen LogP contribution in [0.5, 0.6) is 0 Å². The maximum absolute atomic E-state index is 13.3. The van der Waals surface area contributed by atoms with Crippen molar-refractivity contribution >= 4 is 6.03 Å². The van der Waals surface area contributed by atoms with Gasteiger partial charge in [0.1, 0.15) is 0 Å². The Balaban J connectivity index is 1.03. The number of aliphatic hydroxyl groups excluding tert-OH is 1. The second-order valence-electron chi connectivity index (χ2n) is 19.5. The number of nitrogens with one attached hydrogen (secondary N) is 2. The number of hydrogen-bond donors (Lipinski definition) is 3. The Bertz CT molecular complexity index is 1710. The van der Waals surface area contributed by atoms with Gasteiger partial charge in [0.25, 0.3) is 0 Å². The van der Waals surface area contributed by atoms with E-state index in [2.05, 4.69) is 97.0 Å². The minimum absolute atomic E-state index is 0.00311. The van der Waals surface area contributed by atoms with E-state index in [0.29, 0.717) is 6.54 Å². The fourth-order valence-corrected chi connectivity index (χ4v) is 11.6. The highest BCUT2D eigenvalue weighted by molar-refractivity contribution is 5.75. The smallest absolute Gasteiger partial charge is 0.315 e. The van der Waals surface area contributed by atoms with E-state index in [0.717, 1.165) is 90.0 Å². The molecule has 1 heterocycles. The molecule has 3 aromatic carbocycles. The zero-order valence-electron chi connectivity index (χ0n) is 37.4. The summed E-state index contributed by atoms with van der Waals surface area (Å²) in [5.41, 5.74) is 6.34. The van der Waals surface area contributed by atoms with Gasteiger partial charge in [0.15, 0.2) is 6.29 Å². The van der Waals surface area contributed by atoms with Crippen molar-refractivity contribution in [3.63, 3.8) is 0 Å². The molecule has 4 atom stereocenters. The van der Waals surface area contributed by atoms with Gasteiger partial charge < -0.3 is 30.1 Å². The number of ether oxygens (including phenoxy) is 2. The highest BCUT2D eigenvalue weighted by Gasteiger charge is 2.51. The second-order valence-corrected chi connectivity index (χ2v) is 19.5. The van der Waals surface area contributed by atoms with Gasteiger partial charge in [-0.15, -0.1) is 0 Å². The summed E-state index contributed by atoms with van der Waals surface area (Å²) >= 11 is 0. The lowest BCUT2D eigenvalue weighted by molar-refractivity contribution is -0.276. The molecule has 5 fully saturated rings. The van der Waals surface area contributed by atoms with Gasteiger partial charge in [-0.25, -0.2) is 4.79 Å². The molecule has 1 saturated heterocycles. The number of urea groups is 1. The van der Waals surface area contributed by atoms with E-state index in [1.807, 2.05) is 12.1 Å². The molecule has 0 radical (unpaired) electrons. The first-order valence-electron chi connectivity index (χ1n) is 24.3. The highest BCUT2D eigenvalue weighted by atomic mass is 16.7. The molecular formula is C53H77N3O4. The topological polar surface area (TPSA) is 83.1 Å². The lowest BCUT2D eigenvalue weighted by Gasteiger charge is -2.56. The lowest BCUT2D eigenvalue weighted by atomic mass is 9.53. The fraction of sp³-hybridized carbons (Fsp3) is 0.642. The number of aliphatic hydroxyl groups is 1. The van der Waals surface area contributed by atoms with Crippen LogP contribution in [0.15, 0.2) is 72.8 Å². The monoisotopic (exact) mass is 820 g/mol. The van der Waals surface area contributed by atoms with Crippen molar-refractivity contribution in [2.45, 2.75) is 174 Å². The number of carbonyl (C=O) groups is 1. The van der Waals surface area contributed by atoms with Crippen LogP contribution in [0.4, 0.5) is 4.79 Å². The third-order valence-corrected chi connectivity index (χ3v) is 14.5. The molecular weight excluding hydrogens is 743 g/mol. The molecule has 0 aromatic heterocycles. The lowest BCUT2D eigenvalue weighted by Crippen LogP contribution is -2.61. The summed E-state index contributed by atoms with van der Waals surface area (Å²) in [5.74, 6) is 2.54. The molecule has 0 unspecified atom stereocenters. The van der Waals surface area contributed by atoms with Crippen LogP contribution < -0.4 is 10.6 Å². The molecule has 4 saturated carbocycles. The minimum Gasteiger partial charge on any atom is -0.392 e. The SMILES string of the molecule is CCCCCCCCN(CCCCCCCC)C[C@@H]1O[C@H](c2cccc(-c3cccc(CNC(=O)NC45CC6CC(CC(C6)C4)C5)c3)c2)O[C@H](c2ccc(CO)cc2)[C@@H]1C. The molecule has 7 heteroatoms. The van der Waals surface area contributed by atoms with E-state index in [4.69, 9.17) is 9.47 Å². The number of unbranched alkanes of at least 4 members (excludes halogenated alkanes) is 10. The molecule has 8 rings (SSSR count). The third-order valence-electron chi connectivity index (χ3n) is 14.5. The van der Waals surface area contributed by atoms with E-state index in [9.17, 15) is 9.90 Å². The average Bonchev–Trinajstić information content (AvgIpc) is 3.25. The zero-order valence-corrected chi connectivity index (χ0v) is 37.4. The van der Waals surface area contributed by atoms with Gasteiger partial charge in [0.05, 0.1) is 18.8 Å². The number of benzene rings is 3. The van der Waals surface area contributed by atoms with Gasteiger partial charge in [-0.1, -0.05) is 146 Å². The van der Waals surface area contributed by atoms with Crippen LogP contribution in [0.3, 0.4) is 0 Å². The maximum Gasteiger partial charge on any atom is 0.315 e. The van der Waals surface area contributed by atoms with Gasteiger partial charge >= 0.3 is 6.03 Å². The van der Waals surface area contributed by atoms with Crippen molar-refractivity contribution in [1.29, 1.82) is 0 Å². The number of rotatable bonds is 23. The first-order chi connectivity index (χ1) is 29.3. The summed E-state index contributed by atoms with van der Waals surface area (Å²) in [6.07, 6.45) is 22.5. The molecule has 3 aromatic rings. The van der Waals surface area contributed by atoms with Crippen molar-refractivity contribution in [3.05, 3.63) is 95.1 Å². The molecule has 328 valence electrons. The van der Waals surface area contributed by atoms with Crippen molar-refractivity contribution in [2.75, 3.05) is 19.6 Å². The van der Waals surface area contributed by atoms with Crippen LogP contribution in [0.1, 0.15) is 171 Å². The van der Waals surface area contributed by atoms with Crippen molar-refractivity contribution in [2.24, 2.45) is 23.7 Å². The first-order valence-corrected chi connectivity index (χ1v) is 24.3. The van der Waals surface area contributed by atoms with Gasteiger partial charge in [0.2, 0.25) is 0 Å². The van der Waals surface area contributed by atoms with E-state index in [1.165, 1.54) is 96.3 Å². The molecule has 1 aliphatic heterocycles. The van der Waals surface area contributed by atoms with Gasteiger partial charge in [-0.2, -0.15) is 0 Å². The molecule has 4 bridgehead atoms. The van der Waals surface area contributed by atoms with E-state index in [-0.39, 0.29) is 36.3 Å². The Morgan fingerprint density at radius 2 is 1.28 bits per heavy atom. The largest absolute Gasteiger partial charge is 0.392 e. The number of nitrogens with zero attached hydrogens (tertiary/aromatic N) is 1. The predicted octanol–water partition coefficient (Wildman–Crippen LogP) is 12.4. The Kier molecular flexibility index (Phi) is 16.6. The number of hydrogen-bond acceptors (Lipinski definition) is 5. The predicted molar refractivity (Wildman–Crippen MR) is 244 cm³/mol. The normalized spacial score (nSPS) is 27.1. The van der Waals surface area contributed by atoms with Gasteiger partial charge in [-0.05, 0) is 122 Å². The number of amides is 2. The van der Waals surface area contributed by atoms with E-state index >= 15 is 0 Å². The average molecular weight is 820 g/mol. The Morgan fingerprint density at radius 3 is 1.90 bits per heavy atom. The molecule has 5 aliphatic rings. The third kappa shape index (κ3) is 12.2. The first kappa shape index (κ1) is 44.8. The molecule has 2 amide bonds. The summed E-state index contributed by atoms with van der Waals surface area (Å²) in [5, 5.41) is 16.5. The van der Waals surface area contributed by atoms with Crippen molar-refractivity contribution in [3.8, 4) is 11.1 Å². The minimum atomic E-state index is -0.517. The maximum atomic E-state index is 13.3. The van der Waals surface area contributed by atoms with E-state index < -0.39 is 6.29 Å². The molecule has 4 aliphatic carbocycles. The van der Waals surface area contributed by atoms with Gasteiger partial charge in [-0.3, -0.25) is 0 Å². The van der Waals surface area contributed by atoms with Crippen LogP contribution in [-0.4, -0.2) is 47.3 Å². The summed E-state index contributed by atoms with van der Waals surface area (Å²) in [6, 6.07) is 25.4. The van der Waals surface area contributed by atoms with Crippen molar-refractivity contribution in [1.82, 2.24) is 15.5 Å². The molecule has 7 nitrogen and oxygen atoms in total. The van der Waals surface area contributed by atoms with Crippen molar-refractivity contribution < 1.29 is 19.4 Å². The Hall–Kier alpha value is -3.23. The van der Waals surface area contributed by atoms with Crippen LogP contribution >= 0.6 is 0 Å². The highest BCUT2D eigenvalue weighted by Crippen LogP contribution is 2.55. The fourth-order valence-electron chi connectivity index (χ4n) is 11.6. The second kappa shape index (κ2) is 22.2. The molecule has 60 heavy (non-hydrogen) atoms. The standard InChI is InChI=1S/C53H77N3O4/c1-4-6-8-10-12-14-26-56(27-15-13-11-9-7-5-2)37-49-39(3)50(45-24-22-40(38-57)23-25-45)60-51(59-49)48-21-17-20-47(32-48)46-19-16-18-41(31-46)36-54-52(58)55-53-33-42-28-43(34-53)30-44(29-42)35-53/h16-25,31-32,39,42-44,49-51,57H,4-15,26-30,33-38H2,1-3H3,(H2,54,55,58)/t39-,42?,43?,44?,49+,50+,51+,53?/m1/s1. The van der Waals surface area contributed by atoms with Crippen LogP contribution in [0, 0.1) is 23.7 Å². The number of carbonyl (C=O) groups excluding carboxylic acids is 1. The van der Waals surface area contributed by atoms with Crippen LogP contribution in [0.25, 0.3) is 11.1 Å². The molecule has 0 spiro atoms. The summed E-state index contributed by atoms with van der Waals surface area (Å²) in [6.45, 7) is 10.5. The van der Waals surface area contributed by atoms with Gasteiger partial charge in [0, 0.05) is 30.1 Å². The van der Waals surface area contributed by atoms with Crippen LogP contribution in [-0.2, 0) is 22.6 Å². The Morgan fingerprint density at radius 1 is 0.700 bits per heavy atom. The zero-order chi connectivity index (χ0) is 41.7. The molecule has 3 N–H and O–H groups in total. The summed E-state index contributed by atoms with van der Waals surface area (Å²) in [4.78, 5) is 16.0. The van der Waals surface area contributed by atoms with E-state index in [1.54, 1.807) is 0 Å². The Labute approximate surface area is 362 Å². The summed E-state index contributed by atoms with van der Waals surface area (Å²) < 4.78 is 14.0. The van der Waals surface area contributed by atoms with Crippen LogP contribution in [0.2, 0.25) is 0 Å².